The SMILES string of the molecule is CC(=O)NC[C@H]1CN(c2ccc(N3CCN(c4cc(CC(=O)O)sc4[N+](=O)[O-])CC3)c(F)c2)C(=O)O1. The molecule has 0 saturated carbocycles. The Balaban J connectivity index is 1.41. The van der Waals surface area contributed by atoms with Crippen LogP contribution in [0.5, 0.6) is 0 Å². The molecule has 0 bridgehead atoms. The summed E-state index contributed by atoms with van der Waals surface area (Å²) in [5, 5.41) is 23.0. The fraction of sp³-hybridized carbons (Fsp3) is 0.409. The van der Waals surface area contributed by atoms with Crippen molar-refractivity contribution in [1.82, 2.24) is 5.32 Å². The van der Waals surface area contributed by atoms with E-state index < -0.39 is 28.9 Å². The predicted octanol–water partition coefficient (Wildman–Crippen LogP) is 2.21. The van der Waals surface area contributed by atoms with Crippen LogP contribution < -0.4 is 20.0 Å². The zero-order chi connectivity index (χ0) is 26.0. The normalized spacial score (nSPS) is 17.8. The predicted molar refractivity (Wildman–Crippen MR) is 129 cm³/mol. The van der Waals surface area contributed by atoms with E-state index in [1.807, 2.05) is 4.90 Å². The summed E-state index contributed by atoms with van der Waals surface area (Å²) in [6.45, 7) is 3.26. The van der Waals surface area contributed by atoms with E-state index in [-0.39, 0.29) is 30.4 Å². The monoisotopic (exact) mass is 521 g/mol. The van der Waals surface area contributed by atoms with Gasteiger partial charge in [-0.3, -0.25) is 24.6 Å². The number of carbonyl (C=O) groups excluding carboxylic acids is 2. The summed E-state index contributed by atoms with van der Waals surface area (Å²) < 4.78 is 20.3. The van der Waals surface area contributed by atoms with Gasteiger partial charge in [0.25, 0.3) is 0 Å². The van der Waals surface area contributed by atoms with Gasteiger partial charge in [-0.1, -0.05) is 11.3 Å². The number of aliphatic carboxylic acids is 1. The van der Waals surface area contributed by atoms with Crippen molar-refractivity contribution in [3.8, 4) is 0 Å². The number of amides is 2. The molecule has 3 heterocycles. The molecule has 0 unspecified atom stereocenters. The van der Waals surface area contributed by atoms with Crippen LogP contribution in [0.4, 0.5) is 31.2 Å². The zero-order valence-corrected chi connectivity index (χ0v) is 20.1. The van der Waals surface area contributed by atoms with Crippen molar-refractivity contribution in [2.45, 2.75) is 19.4 Å². The summed E-state index contributed by atoms with van der Waals surface area (Å²) in [6, 6.07) is 5.99. The van der Waals surface area contributed by atoms with Crippen molar-refractivity contribution in [3.05, 3.63) is 45.1 Å². The van der Waals surface area contributed by atoms with Gasteiger partial charge in [0.15, 0.2) is 0 Å². The summed E-state index contributed by atoms with van der Waals surface area (Å²) in [5.74, 6) is -1.83. The Morgan fingerprint density at radius 1 is 1.22 bits per heavy atom. The Morgan fingerprint density at radius 3 is 2.47 bits per heavy atom. The number of halogens is 1. The van der Waals surface area contributed by atoms with Crippen molar-refractivity contribution in [2.75, 3.05) is 54.0 Å². The smallest absolute Gasteiger partial charge is 0.414 e. The third-order valence-corrected chi connectivity index (χ3v) is 6.97. The standard InChI is InChI=1S/C22H24FN5O7S/c1-13(29)24-11-15-12-27(22(32)35-15)14-2-3-18(17(23)8-14)25-4-6-26(7-5-25)19-9-16(10-20(30)31)36-21(19)28(33)34/h2-3,8-9,15H,4-7,10-12H2,1H3,(H,24,29)(H,30,31)/t15-/m0/s1. The summed E-state index contributed by atoms with van der Waals surface area (Å²) >= 11 is 0.849. The molecule has 2 N–H and O–H groups in total. The minimum atomic E-state index is -1.06. The minimum Gasteiger partial charge on any atom is -0.481 e. The van der Waals surface area contributed by atoms with Crippen molar-refractivity contribution >= 4 is 51.4 Å². The summed E-state index contributed by atoms with van der Waals surface area (Å²) in [6.07, 6.45) is -1.44. The maximum Gasteiger partial charge on any atom is 0.414 e. The van der Waals surface area contributed by atoms with Gasteiger partial charge in [-0.25, -0.2) is 9.18 Å². The molecule has 36 heavy (non-hydrogen) atoms. The molecule has 192 valence electrons. The van der Waals surface area contributed by atoms with Crippen molar-refractivity contribution < 1.29 is 33.5 Å². The molecule has 14 heteroatoms. The van der Waals surface area contributed by atoms with Crippen LogP contribution in [0.25, 0.3) is 0 Å². The van der Waals surface area contributed by atoms with Gasteiger partial charge in [0.05, 0.1) is 35.8 Å². The van der Waals surface area contributed by atoms with Crippen molar-refractivity contribution in [3.63, 3.8) is 0 Å². The quantitative estimate of drug-likeness (QED) is 0.394. The number of carboxylic acids is 1. The van der Waals surface area contributed by atoms with E-state index in [1.54, 1.807) is 17.0 Å². The number of hydrogen-bond acceptors (Lipinski definition) is 9. The number of rotatable bonds is 8. The Labute approximate surface area is 209 Å². The van der Waals surface area contributed by atoms with E-state index >= 15 is 4.39 Å². The van der Waals surface area contributed by atoms with E-state index in [4.69, 9.17) is 9.84 Å². The molecule has 0 spiro atoms. The molecule has 2 saturated heterocycles. The lowest BCUT2D eigenvalue weighted by Gasteiger charge is -2.36. The number of carboxylic acid groups (broad SMARTS) is 1. The fourth-order valence-corrected chi connectivity index (χ4v) is 5.20. The minimum absolute atomic E-state index is 0.107. The van der Waals surface area contributed by atoms with Crippen LogP contribution in [-0.2, 0) is 20.7 Å². The molecular formula is C22H24FN5O7S. The molecule has 2 aliphatic rings. The van der Waals surface area contributed by atoms with Crippen LogP contribution in [0.2, 0.25) is 0 Å². The lowest BCUT2D eigenvalue weighted by molar-refractivity contribution is -0.379. The molecular weight excluding hydrogens is 497 g/mol. The maximum atomic E-state index is 15.0. The number of ether oxygens (including phenoxy) is 1. The number of carbonyl (C=O) groups is 3. The Hall–Kier alpha value is -3.94. The number of thiophene rings is 1. The number of anilines is 3. The number of cyclic esters (lactones) is 1. The molecule has 0 aliphatic carbocycles. The molecule has 2 amide bonds. The molecule has 1 aromatic carbocycles. The lowest BCUT2D eigenvalue weighted by Crippen LogP contribution is -2.46. The van der Waals surface area contributed by atoms with Crippen LogP contribution >= 0.6 is 11.3 Å². The van der Waals surface area contributed by atoms with Crippen LogP contribution in [-0.4, -0.2) is 73.4 Å². The van der Waals surface area contributed by atoms with Crippen LogP contribution in [0.15, 0.2) is 24.3 Å². The molecule has 2 aliphatic heterocycles. The van der Waals surface area contributed by atoms with E-state index in [9.17, 15) is 24.5 Å². The molecule has 4 rings (SSSR count). The lowest BCUT2D eigenvalue weighted by atomic mass is 10.2. The third-order valence-electron chi connectivity index (χ3n) is 5.89. The first-order valence-corrected chi connectivity index (χ1v) is 11.9. The zero-order valence-electron chi connectivity index (χ0n) is 19.3. The Morgan fingerprint density at radius 2 is 1.89 bits per heavy atom. The second kappa shape index (κ2) is 10.4. The molecule has 12 nitrogen and oxygen atoms in total. The van der Waals surface area contributed by atoms with Crippen molar-refractivity contribution in [2.24, 2.45) is 0 Å². The average molecular weight is 522 g/mol. The first-order chi connectivity index (χ1) is 17.1. The highest BCUT2D eigenvalue weighted by atomic mass is 32.1. The van der Waals surface area contributed by atoms with E-state index in [2.05, 4.69) is 5.32 Å². The first kappa shape index (κ1) is 25.2. The first-order valence-electron chi connectivity index (χ1n) is 11.1. The van der Waals surface area contributed by atoms with E-state index in [0.717, 1.165) is 11.3 Å². The van der Waals surface area contributed by atoms with E-state index in [0.29, 0.717) is 48.1 Å². The number of hydrogen-bond donors (Lipinski definition) is 2. The highest BCUT2D eigenvalue weighted by molar-refractivity contribution is 7.16. The second-order valence-corrected chi connectivity index (χ2v) is 9.51. The van der Waals surface area contributed by atoms with Gasteiger partial charge in [0, 0.05) is 38.0 Å². The van der Waals surface area contributed by atoms with Crippen LogP contribution in [0, 0.1) is 15.9 Å². The number of nitrogens with one attached hydrogen (secondary N) is 1. The topological polar surface area (TPSA) is 146 Å². The molecule has 2 fully saturated rings. The molecule has 1 atom stereocenters. The third kappa shape index (κ3) is 5.48. The Kier molecular flexibility index (Phi) is 7.24. The van der Waals surface area contributed by atoms with Crippen molar-refractivity contribution in [1.29, 1.82) is 0 Å². The molecule has 0 radical (unpaired) electrons. The van der Waals surface area contributed by atoms with Gasteiger partial charge in [0.2, 0.25) is 5.91 Å². The van der Waals surface area contributed by atoms with Gasteiger partial charge >= 0.3 is 17.1 Å². The number of benzene rings is 1. The van der Waals surface area contributed by atoms with Gasteiger partial charge < -0.3 is 25.0 Å². The van der Waals surface area contributed by atoms with Gasteiger partial charge in [-0.05, 0) is 24.3 Å². The fourth-order valence-electron chi connectivity index (χ4n) is 4.22. The molecule has 1 aromatic heterocycles. The highest BCUT2D eigenvalue weighted by Crippen LogP contribution is 2.38. The van der Waals surface area contributed by atoms with Crippen LogP contribution in [0.1, 0.15) is 11.8 Å². The van der Waals surface area contributed by atoms with Gasteiger partial charge in [-0.15, -0.1) is 0 Å². The highest BCUT2D eigenvalue weighted by Gasteiger charge is 2.33. The van der Waals surface area contributed by atoms with Gasteiger partial charge in [-0.2, -0.15) is 0 Å². The number of piperazine rings is 1. The van der Waals surface area contributed by atoms with Crippen LogP contribution in [0.3, 0.4) is 0 Å². The summed E-state index contributed by atoms with van der Waals surface area (Å²) in [7, 11) is 0. The number of nitrogens with zero attached hydrogens (tertiary/aromatic N) is 4. The maximum absolute atomic E-state index is 15.0. The average Bonchev–Trinajstić information content (AvgIpc) is 3.41. The summed E-state index contributed by atoms with van der Waals surface area (Å²) in [5.41, 5.74) is 1.05. The number of nitro groups is 1. The summed E-state index contributed by atoms with van der Waals surface area (Å²) in [4.78, 5) is 50.6. The van der Waals surface area contributed by atoms with E-state index in [1.165, 1.54) is 24.0 Å². The second-order valence-electron chi connectivity index (χ2n) is 8.39. The Bertz CT molecular complexity index is 1200. The largest absolute Gasteiger partial charge is 0.481 e. The van der Waals surface area contributed by atoms with Gasteiger partial charge in [0.1, 0.15) is 17.6 Å². The molecule has 2 aromatic rings.